The first-order chi connectivity index (χ1) is 9.67. The van der Waals surface area contributed by atoms with E-state index in [0.29, 0.717) is 13.1 Å². The molecule has 0 bridgehead atoms. The van der Waals surface area contributed by atoms with Crippen molar-refractivity contribution in [2.24, 2.45) is 5.92 Å². The van der Waals surface area contributed by atoms with E-state index in [4.69, 9.17) is 0 Å². The highest BCUT2D eigenvalue weighted by molar-refractivity contribution is 5.85. The molecule has 0 aromatic carbocycles. The van der Waals surface area contributed by atoms with Gasteiger partial charge in [-0.1, -0.05) is 0 Å². The maximum absolute atomic E-state index is 12.4. The minimum absolute atomic E-state index is 0. The van der Waals surface area contributed by atoms with Crippen LogP contribution in [0.1, 0.15) is 26.7 Å². The fraction of sp³-hybridized carbons (Fsp3) is 0.643. The zero-order valence-corrected chi connectivity index (χ0v) is 13.4. The number of hydrogen-bond acceptors (Lipinski definition) is 3. The van der Waals surface area contributed by atoms with Crippen molar-refractivity contribution in [1.29, 1.82) is 0 Å². The molecule has 2 rings (SSSR count). The molecule has 0 saturated carbocycles. The molecule has 1 unspecified atom stereocenters. The molecule has 1 aliphatic heterocycles. The molecule has 0 radical (unpaired) electrons. The normalized spacial score (nSPS) is 18.0. The van der Waals surface area contributed by atoms with E-state index in [0.717, 1.165) is 25.9 Å². The maximum atomic E-state index is 12.4. The van der Waals surface area contributed by atoms with Gasteiger partial charge in [0.2, 0.25) is 5.91 Å². The van der Waals surface area contributed by atoms with Gasteiger partial charge >= 0.3 is 6.03 Å². The van der Waals surface area contributed by atoms with Gasteiger partial charge in [0, 0.05) is 38.6 Å². The molecule has 0 N–H and O–H groups in total. The number of imidazole rings is 1. The van der Waals surface area contributed by atoms with Crippen molar-refractivity contribution >= 4 is 24.3 Å². The predicted octanol–water partition coefficient (Wildman–Crippen LogP) is 1.85. The summed E-state index contributed by atoms with van der Waals surface area (Å²) >= 11 is 0. The summed E-state index contributed by atoms with van der Waals surface area (Å²) in [6.45, 7) is 6.63. The summed E-state index contributed by atoms with van der Waals surface area (Å²) in [6, 6.07) is -0.0976. The average Bonchev–Trinajstić information content (AvgIpc) is 3.02. The van der Waals surface area contributed by atoms with Gasteiger partial charge in [-0.25, -0.2) is 9.78 Å². The minimum Gasteiger partial charge on any atom is -0.343 e. The minimum atomic E-state index is -0.0976. The average molecular weight is 315 g/mol. The van der Waals surface area contributed by atoms with E-state index in [9.17, 15) is 9.59 Å². The van der Waals surface area contributed by atoms with Crippen molar-refractivity contribution in [1.82, 2.24) is 19.4 Å². The Morgan fingerprint density at radius 2 is 2.05 bits per heavy atom. The third kappa shape index (κ3) is 3.97. The zero-order valence-electron chi connectivity index (χ0n) is 12.6. The van der Waals surface area contributed by atoms with Gasteiger partial charge in [-0.15, -0.1) is 12.4 Å². The SMILES string of the molecule is CCN(CC)C(=O)C1CCCN(C(=O)n2ccnc2)C1.Cl. The van der Waals surface area contributed by atoms with Crippen molar-refractivity contribution in [2.75, 3.05) is 26.2 Å². The molecule has 0 aliphatic carbocycles. The van der Waals surface area contributed by atoms with Gasteiger partial charge in [0.15, 0.2) is 0 Å². The highest BCUT2D eigenvalue weighted by atomic mass is 35.5. The first-order valence-corrected chi connectivity index (χ1v) is 7.23. The number of rotatable bonds is 3. The molecule has 1 saturated heterocycles. The first kappa shape index (κ1) is 17.5. The number of nitrogens with zero attached hydrogens (tertiary/aromatic N) is 4. The summed E-state index contributed by atoms with van der Waals surface area (Å²) in [5.41, 5.74) is 0. The predicted molar refractivity (Wildman–Crippen MR) is 82.5 cm³/mol. The van der Waals surface area contributed by atoms with Crippen LogP contribution in [0.5, 0.6) is 0 Å². The van der Waals surface area contributed by atoms with Crippen LogP contribution in [-0.2, 0) is 4.79 Å². The van der Waals surface area contributed by atoms with Crippen LogP contribution in [-0.4, -0.2) is 57.5 Å². The first-order valence-electron chi connectivity index (χ1n) is 7.23. The molecule has 1 fully saturated rings. The number of likely N-dealkylation sites (tertiary alicyclic amines) is 1. The molecule has 1 atom stereocenters. The van der Waals surface area contributed by atoms with E-state index in [2.05, 4.69) is 4.98 Å². The fourth-order valence-electron chi connectivity index (χ4n) is 2.68. The number of amides is 2. The molecule has 118 valence electrons. The number of aromatic nitrogens is 2. The van der Waals surface area contributed by atoms with Gasteiger partial charge in [-0.2, -0.15) is 0 Å². The topological polar surface area (TPSA) is 58.4 Å². The highest BCUT2D eigenvalue weighted by Gasteiger charge is 2.30. The smallest absolute Gasteiger partial charge is 0.329 e. The molecule has 0 spiro atoms. The van der Waals surface area contributed by atoms with Gasteiger partial charge in [0.1, 0.15) is 6.33 Å². The molecular formula is C14H23ClN4O2. The number of piperidine rings is 1. The van der Waals surface area contributed by atoms with E-state index in [1.165, 1.54) is 10.9 Å². The third-order valence-electron chi connectivity index (χ3n) is 3.84. The van der Waals surface area contributed by atoms with Crippen molar-refractivity contribution < 1.29 is 9.59 Å². The summed E-state index contributed by atoms with van der Waals surface area (Å²) in [4.78, 5) is 32.1. The van der Waals surface area contributed by atoms with Gasteiger partial charge in [0.05, 0.1) is 5.92 Å². The van der Waals surface area contributed by atoms with E-state index >= 15 is 0 Å². The number of carbonyl (C=O) groups is 2. The fourth-order valence-corrected chi connectivity index (χ4v) is 2.68. The Morgan fingerprint density at radius 3 is 2.62 bits per heavy atom. The second-order valence-electron chi connectivity index (χ2n) is 5.05. The van der Waals surface area contributed by atoms with Crippen LogP contribution in [0.2, 0.25) is 0 Å². The Hall–Kier alpha value is -1.56. The van der Waals surface area contributed by atoms with E-state index in [1.54, 1.807) is 17.3 Å². The molecule has 21 heavy (non-hydrogen) atoms. The van der Waals surface area contributed by atoms with Crippen molar-refractivity contribution in [3.05, 3.63) is 18.7 Å². The van der Waals surface area contributed by atoms with Crippen LogP contribution in [0.25, 0.3) is 0 Å². The van der Waals surface area contributed by atoms with Crippen molar-refractivity contribution in [3.63, 3.8) is 0 Å². The summed E-state index contributed by atoms with van der Waals surface area (Å²) in [6.07, 6.45) is 6.46. The van der Waals surface area contributed by atoms with Gasteiger partial charge in [0.25, 0.3) is 0 Å². The molecule has 1 aromatic heterocycles. The molecule has 2 amide bonds. The zero-order chi connectivity index (χ0) is 14.5. The monoisotopic (exact) mass is 314 g/mol. The summed E-state index contributed by atoms with van der Waals surface area (Å²) in [5.74, 6) is 0.0919. The van der Waals surface area contributed by atoms with Crippen LogP contribution in [0.15, 0.2) is 18.7 Å². The molecule has 2 heterocycles. The van der Waals surface area contributed by atoms with Gasteiger partial charge in [-0.3, -0.25) is 9.36 Å². The lowest BCUT2D eigenvalue weighted by molar-refractivity contribution is -0.136. The lowest BCUT2D eigenvalue weighted by Gasteiger charge is -2.34. The molecule has 1 aliphatic rings. The summed E-state index contributed by atoms with van der Waals surface area (Å²) in [5, 5.41) is 0. The molecule has 7 heteroatoms. The Labute approximate surface area is 131 Å². The van der Waals surface area contributed by atoms with Gasteiger partial charge < -0.3 is 9.80 Å². The van der Waals surface area contributed by atoms with Crippen molar-refractivity contribution in [3.8, 4) is 0 Å². The Kier molecular flexibility index (Phi) is 6.68. The molecule has 6 nitrogen and oxygen atoms in total. The van der Waals surface area contributed by atoms with Crippen LogP contribution in [0, 0.1) is 5.92 Å². The van der Waals surface area contributed by atoms with Crippen LogP contribution < -0.4 is 0 Å². The largest absolute Gasteiger partial charge is 0.343 e. The second kappa shape index (κ2) is 8.02. The lowest BCUT2D eigenvalue weighted by atomic mass is 9.96. The van der Waals surface area contributed by atoms with Crippen molar-refractivity contribution in [2.45, 2.75) is 26.7 Å². The molecule has 1 aromatic rings. The second-order valence-corrected chi connectivity index (χ2v) is 5.05. The van der Waals surface area contributed by atoms with E-state index < -0.39 is 0 Å². The Balaban J connectivity index is 0.00000220. The maximum Gasteiger partial charge on any atom is 0.329 e. The molecular weight excluding hydrogens is 292 g/mol. The number of carbonyl (C=O) groups excluding carboxylic acids is 2. The van der Waals surface area contributed by atoms with E-state index in [1.807, 2.05) is 18.7 Å². The summed E-state index contributed by atoms with van der Waals surface area (Å²) in [7, 11) is 0. The van der Waals surface area contributed by atoms with Crippen LogP contribution >= 0.6 is 12.4 Å². The Bertz CT molecular complexity index is 460. The lowest BCUT2D eigenvalue weighted by Crippen LogP contribution is -2.47. The summed E-state index contributed by atoms with van der Waals surface area (Å²) < 4.78 is 1.46. The van der Waals surface area contributed by atoms with Crippen LogP contribution in [0.3, 0.4) is 0 Å². The number of halogens is 1. The number of hydrogen-bond donors (Lipinski definition) is 0. The van der Waals surface area contributed by atoms with E-state index in [-0.39, 0.29) is 30.3 Å². The Morgan fingerprint density at radius 1 is 1.33 bits per heavy atom. The highest BCUT2D eigenvalue weighted by Crippen LogP contribution is 2.19. The third-order valence-corrected chi connectivity index (χ3v) is 3.84. The quantitative estimate of drug-likeness (QED) is 0.855. The van der Waals surface area contributed by atoms with Crippen LogP contribution in [0.4, 0.5) is 4.79 Å². The standard InChI is InChI=1S/C14H22N4O2.ClH/c1-3-16(4-2)13(19)12-6-5-8-17(10-12)14(20)18-9-7-15-11-18;/h7,9,11-12H,3-6,8,10H2,1-2H3;1H. The van der Waals surface area contributed by atoms with Gasteiger partial charge in [-0.05, 0) is 26.7 Å².